The third-order valence-corrected chi connectivity index (χ3v) is 3.15. The van der Waals surface area contributed by atoms with Crippen LogP contribution in [0.4, 0.5) is 11.5 Å². The highest BCUT2D eigenvalue weighted by atomic mass is 35.5. The van der Waals surface area contributed by atoms with Crippen LogP contribution in [0.3, 0.4) is 0 Å². The SMILES string of the molecule is Cn1cc(N)c(NCc2ccc(Cl)s2)n1. The Morgan fingerprint density at radius 1 is 1.60 bits per heavy atom. The molecule has 0 unspecified atom stereocenters. The summed E-state index contributed by atoms with van der Waals surface area (Å²) in [4.78, 5) is 1.16. The maximum atomic E-state index is 5.82. The van der Waals surface area contributed by atoms with E-state index in [4.69, 9.17) is 17.3 Å². The van der Waals surface area contributed by atoms with E-state index >= 15 is 0 Å². The number of aromatic nitrogens is 2. The van der Waals surface area contributed by atoms with Crippen LogP contribution in [0.1, 0.15) is 4.88 Å². The molecular weight excluding hydrogens is 232 g/mol. The summed E-state index contributed by atoms with van der Waals surface area (Å²) in [6.45, 7) is 0.693. The Bertz CT molecular complexity index is 462. The summed E-state index contributed by atoms with van der Waals surface area (Å²) in [5.41, 5.74) is 6.40. The Labute approximate surface area is 96.7 Å². The van der Waals surface area contributed by atoms with Gasteiger partial charge in [0.2, 0.25) is 0 Å². The molecule has 0 saturated carbocycles. The number of thiophene rings is 1. The molecule has 0 saturated heterocycles. The molecule has 0 radical (unpaired) electrons. The van der Waals surface area contributed by atoms with E-state index in [0.29, 0.717) is 18.1 Å². The smallest absolute Gasteiger partial charge is 0.171 e. The van der Waals surface area contributed by atoms with E-state index in [0.717, 1.165) is 9.21 Å². The second-order valence-electron chi connectivity index (χ2n) is 3.17. The third-order valence-electron chi connectivity index (χ3n) is 1.92. The number of nitrogens with one attached hydrogen (secondary N) is 1. The summed E-state index contributed by atoms with van der Waals surface area (Å²) in [6, 6.07) is 3.87. The first kappa shape index (κ1) is 10.3. The molecule has 0 aliphatic heterocycles. The molecule has 15 heavy (non-hydrogen) atoms. The highest BCUT2D eigenvalue weighted by molar-refractivity contribution is 7.16. The Morgan fingerprint density at radius 3 is 2.93 bits per heavy atom. The molecule has 2 aromatic rings. The van der Waals surface area contributed by atoms with Crippen molar-refractivity contribution in [3.8, 4) is 0 Å². The van der Waals surface area contributed by atoms with E-state index < -0.39 is 0 Å². The van der Waals surface area contributed by atoms with Crippen molar-refractivity contribution in [2.75, 3.05) is 11.1 Å². The summed E-state index contributed by atoms with van der Waals surface area (Å²) < 4.78 is 2.47. The van der Waals surface area contributed by atoms with Gasteiger partial charge >= 0.3 is 0 Å². The number of nitrogen functional groups attached to an aromatic ring is 1. The van der Waals surface area contributed by atoms with Gasteiger partial charge in [0, 0.05) is 18.1 Å². The van der Waals surface area contributed by atoms with Crippen molar-refractivity contribution in [2.24, 2.45) is 7.05 Å². The van der Waals surface area contributed by atoms with Gasteiger partial charge in [-0.3, -0.25) is 4.68 Å². The molecule has 0 aliphatic carbocycles. The van der Waals surface area contributed by atoms with E-state index in [1.54, 1.807) is 22.2 Å². The van der Waals surface area contributed by atoms with E-state index in [-0.39, 0.29) is 0 Å². The Balaban J connectivity index is 2.01. The zero-order chi connectivity index (χ0) is 10.8. The molecule has 6 heteroatoms. The Kier molecular flexibility index (Phi) is 2.83. The van der Waals surface area contributed by atoms with Gasteiger partial charge in [0.25, 0.3) is 0 Å². The number of aryl methyl sites for hydroxylation is 1. The highest BCUT2D eigenvalue weighted by Gasteiger charge is 2.04. The molecule has 2 rings (SSSR count). The summed E-state index contributed by atoms with van der Waals surface area (Å²) in [7, 11) is 1.84. The summed E-state index contributed by atoms with van der Waals surface area (Å²) in [6.07, 6.45) is 1.77. The van der Waals surface area contributed by atoms with Gasteiger partial charge in [-0.2, -0.15) is 5.10 Å². The number of halogens is 1. The average Bonchev–Trinajstić information content (AvgIpc) is 2.70. The quantitative estimate of drug-likeness (QED) is 0.869. The van der Waals surface area contributed by atoms with Crippen molar-refractivity contribution in [3.05, 3.63) is 27.5 Å². The van der Waals surface area contributed by atoms with E-state index in [9.17, 15) is 0 Å². The van der Waals surface area contributed by atoms with Crippen LogP contribution in [0.5, 0.6) is 0 Å². The van der Waals surface area contributed by atoms with E-state index in [1.807, 2.05) is 19.2 Å². The first-order valence-corrected chi connectivity index (χ1v) is 5.62. The number of hydrogen-bond donors (Lipinski definition) is 2. The largest absolute Gasteiger partial charge is 0.394 e. The van der Waals surface area contributed by atoms with Crippen molar-refractivity contribution >= 4 is 34.4 Å². The van der Waals surface area contributed by atoms with Crippen molar-refractivity contribution in [3.63, 3.8) is 0 Å². The van der Waals surface area contributed by atoms with Gasteiger partial charge in [-0.15, -0.1) is 11.3 Å². The van der Waals surface area contributed by atoms with Crippen molar-refractivity contribution in [1.29, 1.82) is 0 Å². The van der Waals surface area contributed by atoms with Gasteiger partial charge in [-0.05, 0) is 12.1 Å². The van der Waals surface area contributed by atoms with Gasteiger partial charge in [0.1, 0.15) is 0 Å². The van der Waals surface area contributed by atoms with Crippen LogP contribution in [0.25, 0.3) is 0 Å². The molecule has 3 N–H and O–H groups in total. The second kappa shape index (κ2) is 4.12. The molecule has 0 spiro atoms. The van der Waals surface area contributed by atoms with E-state index in [2.05, 4.69) is 10.4 Å². The lowest BCUT2D eigenvalue weighted by Crippen LogP contribution is -2.00. The lowest BCUT2D eigenvalue weighted by atomic mass is 10.4. The minimum absolute atomic E-state index is 0.653. The summed E-state index contributed by atoms with van der Waals surface area (Å²) in [5.74, 6) is 0.710. The molecule has 80 valence electrons. The Hall–Kier alpha value is -1.20. The van der Waals surface area contributed by atoms with Crippen LogP contribution in [-0.2, 0) is 13.6 Å². The Morgan fingerprint density at radius 2 is 2.40 bits per heavy atom. The zero-order valence-electron chi connectivity index (χ0n) is 8.20. The molecule has 2 aromatic heterocycles. The molecule has 0 atom stereocenters. The van der Waals surface area contributed by atoms with Gasteiger partial charge in [0.05, 0.1) is 16.6 Å². The lowest BCUT2D eigenvalue weighted by Gasteiger charge is -2.00. The third kappa shape index (κ3) is 2.43. The normalized spacial score (nSPS) is 10.5. The van der Waals surface area contributed by atoms with Crippen LogP contribution in [0.2, 0.25) is 4.34 Å². The fraction of sp³-hybridized carbons (Fsp3) is 0.222. The summed E-state index contributed by atoms with van der Waals surface area (Å²) in [5, 5.41) is 7.34. The average molecular weight is 243 g/mol. The predicted molar refractivity (Wildman–Crippen MR) is 64.3 cm³/mol. The van der Waals surface area contributed by atoms with Gasteiger partial charge in [0.15, 0.2) is 5.82 Å². The van der Waals surface area contributed by atoms with Crippen LogP contribution >= 0.6 is 22.9 Å². The monoisotopic (exact) mass is 242 g/mol. The fourth-order valence-corrected chi connectivity index (χ4v) is 2.29. The number of rotatable bonds is 3. The van der Waals surface area contributed by atoms with Crippen LogP contribution < -0.4 is 11.1 Å². The molecule has 0 aromatic carbocycles. The maximum Gasteiger partial charge on any atom is 0.171 e. The molecule has 0 bridgehead atoms. The molecule has 4 nitrogen and oxygen atoms in total. The van der Waals surface area contributed by atoms with Gasteiger partial charge < -0.3 is 11.1 Å². The minimum atomic E-state index is 0.653. The lowest BCUT2D eigenvalue weighted by molar-refractivity contribution is 0.768. The predicted octanol–water partition coefficient (Wildman–Crippen LogP) is 2.33. The van der Waals surface area contributed by atoms with Crippen LogP contribution in [-0.4, -0.2) is 9.78 Å². The second-order valence-corrected chi connectivity index (χ2v) is 4.97. The number of nitrogens with zero attached hydrogens (tertiary/aromatic N) is 2. The summed E-state index contributed by atoms with van der Waals surface area (Å²) >= 11 is 7.37. The minimum Gasteiger partial charge on any atom is -0.394 e. The topological polar surface area (TPSA) is 55.9 Å². The van der Waals surface area contributed by atoms with Gasteiger partial charge in [-0.25, -0.2) is 0 Å². The van der Waals surface area contributed by atoms with Crippen molar-refractivity contribution < 1.29 is 0 Å². The molecule has 2 heterocycles. The first-order chi connectivity index (χ1) is 7.15. The fourth-order valence-electron chi connectivity index (χ4n) is 1.26. The van der Waals surface area contributed by atoms with Crippen LogP contribution in [0.15, 0.2) is 18.3 Å². The first-order valence-electron chi connectivity index (χ1n) is 4.42. The van der Waals surface area contributed by atoms with Gasteiger partial charge in [-0.1, -0.05) is 11.6 Å². The number of hydrogen-bond acceptors (Lipinski definition) is 4. The standard InChI is InChI=1S/C9H11ClN4S/c1-14-5-7(11)9(13-14)12-4-6-2-3-8(10)15-6/h2-3,5H,4,11H2,1H3,(H,12,13). The molecule has 0 amide bonds. The highest BCUT2D eigenvalue weighted by Crippen LogP contribution is 2.23. The zero-order valence-corrected chi connectivity index (χ0v) is 9.77. The van der Waals surface area contributed by atoms with Crippen molar-refractivity contribution in [1.82, 2.24) is 9.78 Å². The van der Waals surface area contributed by atoms with Crippen LogP contribution in [0, 0.1) is 0 Å². The molecule has 0 fully saturated rings. The maximum absolute atomic E-state index is 5.82. The van der Waals surface area contributed by atoms with E-state index in [1.165, 1.54) is 0 Å². The van der Waals surface area contributed by atoms with Crippen molar-refractivity contribution in [2.45, 2.75) is 6.54 Å². The molecular formula is C9H11ClN4S. The number of nitrogens with two attached hydrogens (primary N) is 1. The number of anilines is 2. The molecule has 0 aliphatic rings.